The molecule has 2 aromatic rings. The van der Waals surface area contributed by atoms with Gasteiger partial charge in [-0.25, -0.2) is 0 Å². The van der Waals surface area contributed by atoms with Crippen LogP contribution in [0.15, 0.2) is 36.4 Å². The van der Waals surface area contributed by atoms with Gasteiger partial charge in [-0.3, -0.25) is 5.10 Å². The highest BCUT2D eigenvalue weighted by Gasteiger charge is 2.15. The Morgan fingerprint density at radius 2 is 2.11 bits per heavy atom. The molecule has 1 aliphatic heterocycles. The summed E-state index contributed by atoms with van der Waals surface area (Å²) in [6.45, 7) is 2.00. The van der Waals surface area contributed by atoms with Crippen LogP contribution in [0.4, 0.5) is 0 Å². The molecular formula is C14H17N3O. The third kappa shape index (κ3) is 2.54. The van der Waals surface area contributed by atoms with E-state index in [-0.39, 0.29) is 6.10 Å². The smallest absolute Gasteiger partial charge is 0.233 e. The summed E-state index contributed by atoms with van der Waals surface area (Å²) < 4.78 is 5.85. The number of benzene rings is 1. The number of nitrogens with zero attached hydrogens (tertiary/aromatic N) is 1. The van der Waals surface area contributed by atoms with Crippen LogP contribution < -0.4 is 10.1 Å². The molecule has 0 aliphatic carbocycles. The van der Waals surface area contributed by atoms with E-state index in [1.807, 2.05) is 24.3 Å². The van der Waals surface area contributed by atoms with Crippen LogP contribution in [0.25, 0.3) is 11.3 Å². The Morgan fingerprint density at radius 1 is 1.22 bits per heavy atom. The average molecular weight is 243 g/mol. The Kier molecular flexibility index (Phi) is 3.28. The lowest BCUT2D eigenvalue weighted by molar-refractivity contribution is 0.160. The highest BCUT2D eigenvalue weighted by Crippen LogP contribution is 2.21. The molecule has 1 fully saturated rings. The zero-order valence-electron chi connectivity index (χ0n) is 10.2. The van der Waals surface area contributed by atoms with Crippen LogP contribution in [-0.4, -0.2) is 29.4 Å². The van der Waals surface area contributed by atoms with Gasteiger partial charge in [-0.05, 0) is 24.9 Å². The molecule has 2 heterocycles. The second-order valence-corrected chi connectivity index (χ2v) is 4.57. The number of aromatic nitrogens is 2. The number of ether oxygens (including phenoxy) is 1. The van der Waals surface area contributed by atoms with E-state index >= 15 is 0 Å². The van der Waals surface area contributed by atoms with E-state index in [1.165, 1.54) is 6.42 Å². The van der Waals surface area contributed by atoms with Crippen molar-refractivity contribution in [2.24, 2.45) is 0 Å². The topological polar surface area (TPSA) is 49.9 Å². The minimum Gasteiger partial charge on any atom is -0.472 e. The van der Waals surface area contributed by atoms with Gasteiger partial charge in [-0.1, -0.05) is 30.3 Å². The summed E-state index contributed by atoms with van der Waals surface area (Å²) in [5.41, 5.74) is 2.12. The lowest BCUT2D eigenvalue weighted by Gasteiger charge is -2.22. The van der Waals surface area contributed by atoms with Gasteiger partial charge in [0.05, 0.1) is 5.69 Å². The third-order valence-electron chi connectivity index (χ3n) is 3.18. The highest BCUT2D eigenvalue weighted by molar-refractivity contribution is 5.59. The van der Waals surface area contributed by atoms with Crippen LogP contribution in [0.2, 0.25) is 0 Å². The van der Waals surface area contributed by atoms with Crippen molar-refractivity contribution in [2.75, 3.05) is 13.1 Å². The first-order chi connectivity index (χ1) is 8.92. The number of hydrogen-bond donors (Lipinski definition) is 2. The molecule has 4 nitrogen and oxygen atoms in total. The summed E-state index contributed by atoms with van der Waals surface area (Å²) >= 11 is 0. The summed E-state index contributed by atoms with van der Waals surface area (Å²) in [4.78, 5) is 0. The molecule has 1 atom stereocenters. The molecule has 1 unspecified atom stereocenters. The predicted octanol–water partition coefficient (Wildman–Crippen LogP) is 2.21. The molecule has 0 amide bonds. The van der Waals surface area contributed by atoms with Gasteiger partial charge in [0.15, 0.2) is 0 Å². The zero-order chi connectivity index (χ0) is 12.2. The minimum atomic E-state index is 0.241. The fourth-order valence-electron chi connectivity index (χ4n) is 2.22. The van der Waals surface area contributed by atoms with Crippen LogP contribution in [0.1, 0.15) is 12.8 Å². The molecular weight excluding hydrogens is 226 g/mol. The quantitative estimate of drug-likeness (QED) is 0.869. The van der Waals surface area contributed by atoms with Gasteiger partial charge >= 0.3 is 0 Å². The van der Waals surface area contributed by atoms with Crippen LogP contribution in [-0.2, 0) is 0 Å². The first-order valence-corrected chi connectivity index (χ1v) is 6.40. The van der Waals surface area contributed by atoms with Crippen molar-refractivity contribution in [1.29, 1.82) is 0 Å². The van der Waals surface area contributed by atoms with E-state index in [0.717, 1.165) is 30.8 Å². The van der Waals surface area contributed by atoms with Crippen LogP contribution >= 0.6 is 0 Å². The highest BCUT2D eigenvalue weighted by atomic mass is 16.5. The van der Waals surface area contributed by atoms with E-state index in [2.05, 4.69) is 27.6 Å². The van der Waals surface area contributed by atoms with Crippen molar-refractivity contribution in [3.05, 3.63) is 36.4 Å². The number of H-pyrrole nitrogens is 1. The standard InChI is InChI=1S/C14H17N3O/c1-2-5-11(6-3-1)13-9-14(17-16-13)18-12-7-4-8-15-10-12/h1-3,5-6,9,12,15H,4,7-8,10H2,(H,16,17). The van der Waals surface area contributed by atoms with Crippen molar-refractivity contribution in [2.45, 2.75) is 18.9 Å². The second-order valence-electron chi connectivity index (χ2n) is 4.57. The van der Waals surface area contributed by atoms with Crippen molar-refractivity contribution >= 4 is 0 Å². The molecule has 0 radical (unpaired) electrons. The number of hydrogen-bond acceptors (Lipinski definition) is 3. The van der Waals surface area contributed by atoms with Crippen LogP contribution in [0, 0.1) is 0 Å². The number of nitrogens with one attached hydrogen (secondary N) is 2. The first-order valence-electron chi connectivity index (χ1n) is 6.40. The average Bonchev–Trinajstić information content (AvgIpc) is 2.89. The molecule has 4 heteroatoms. The van der Waals surface area contributed by atoms with E-state index in [4.69, 9.17) is 4.74 Å². The van der Waals surface area contributed by atoms with Gasteiger partial charge < -0.3 is 10.1 Å². The molecule has 1 aliphatic rings. The fourth-order valence-corrected chi connectivity index (χ4v) is 2.22. The third-order valence-corrected chi connectivity index (χ3v) is 3.18. The molecule has 1 saturated heterocycles. The van der Waals surface area contributed by atoms with Crippen molar-refractivity contribution < 1.29 is 4.74 Å². The minimum absolute atomic E-state index is 0.241. The maximum absolute atomic E-state index is 5.85. The Labute approximate surface area is 106 Å². The van der Waals surface area contributed by atoms with Gasteiger partial charge in [0.1, 0.15) is 6.10 Å². The van der Waals surface area contributed by atoms with Gasteiger partial charge in [-0.2, -0.15) is 0 Å². The molecule has 1 aromatic carbocycles. The number of rotatable bonds is 3. The summed E-state index contributed by atoms with van der Waals surface area (Å²) in [5.74, 6) is 0.683. The zero-order valence-corrected chi connectivity index (χ0v) is 10.2. The monoisotopic (exact) mass is 243 g/mol. The molecule has 94 valence electrons. The summed E-state index contributed by atoms with van der Waals surface area (Å²) in [5, 5.41) is 10.6. The molecule has 0 bridgehead atoms. The lowest BCUT2D eigenvalue weighted by Crippen LogP contribution is -2.37. The number of aromatic amines is 1. The van der Waals surface area contributed by atoms with Crippen LogP contribution in [0.3, 0.4) is 0 Å². The molecule has 18 heavy (non-hydrogen) atoms. The Bertz CT molecular complexity index is 489. The molecule has 0 saturated carbocycles. The van der Waals surface area contributed by atoms with Crippen LogP contribution in [0.5, 0.6) is 5.88 Å². The molecule has 0 spiro atoms. The Hall–Kier alpha value is -1.81. The predicted molar refractivity (Wildman–Crippen MR) is 70.5 cm³/mol. The Balaban J connectivity index is 1.69. The lowest BCUT2D eigenvalue weighted by atomic mass is 10.1. The van der Waals surface area contributed by atoms with Gasteiger partial charge in [-0.15, -0.1) is 5.10 Å². The second kappa shape index (κ2) is 5.23. The van der Waals surface area contributed by atoms with Crippen molar-refractivity contribution in [3.63, 3.8) is 0 Å². The van der Waals surface area contributed by atoms with E-state index in [1.54, 1.807) is 0 Å². The molecule has 2 N–H and O–H groups in total. The van der Waals surface area contributed by atoms with Crippen molar-refractivity contribution in [3.8, 4) is 17.1 Å². The largest absolute Gasteiger partial charge is 0.472 e. The van der Waals surface area contributed by atoms with Gasteiger partial charge in [0.25, 0.3) is 0 Å². The summed E-state index contributed by atoms with van der Waals surface area (Å²) in [6, 6.07) is 12.1. The number of piperidine rings is 1. The first kappa shape index (κ1) is 11.3. The molecule has 3 rings (SSSR count). The Morgan fingerprint density at radius 3 is 2.89 bits per heavy atom. The van der Waals surface area contributed by atoms with Crippen molar-refractivity contribution in [1.82, 2.24) is 15.5 Å². The SMILES string of the molecule is c1ccc(-c2cc(OC3CCCNC3)n[nH]2)cc1. The summed E-state index contributed by atoms with van der Waals surface area (Å²) in [6.07, 6.45) is 2.51. The van der Waals surface area contributed by atoms with E-state index in [0.29, 0.717) is 5.88 Å². The fraction of sp³-hybridized carbons (Fsp3) is 0.357. The van der Waals surface area contributed by atoms with Gasteiger partial charge in [0, 0.05) is 12.6 Å². The maximum Gasteiger partial charge on any atom is 0.233 e. The summed E-state index contributed by atoms with van der Waals surface area (Å²) in [7, 11) is 0. The maximum atomic E-state index is 5.85. The van der Waals surface area contributed by atoms with E-state index < -0.39 is 0 Å². The van der Waals surface area contributed by atoms with Gasteiger partial charge in [0.2, 0.25) is 5.88 Å². The van der Waals surface area contributed by atoms with E-state index in [9.17, 15) is 0 Å². The normalized spacial score (nSPS) is 19.7. The molecule has 1 aromatic heterocycles.